The molecule has 0 aliphatic rings. The number of nitro benzene ring substituents is 1. The van der Waals surface area contributed by atoms with E-state index < -0.39 is 11.0 Å². The van der Waals surface area contributed by atoms with Gasteiger partial charge in [-0.05, 0) is 5.56 Å². The summed E-state index contributed by atoms with van der Waals surface area (Å²) < 4.78 is 0.678. The quantitative estimate of drug-likeness (QED) is 0.618. The van der Waals surface area contributed by atoms with E-state index in [0.717, 1.165) is 5.56 Å². The van der Waals surface area contributed by atoms with Gasteiger partial charge in [0, 0.05) is 28.1 Å². The number of halogens is 1. The monoisotopic (exact) mass is 321 g/mol. The summed E-state index contributed by atoms with van der Waals surface area (Å²) in [7, 11) is 0. The van der Waals surface area contributed by atoms with Crippen LogP contribution in [0.5, 0.6) is 0 Å². The minimum Gasteiger partial charge on any atom is -0.394 e. The molecule has 0 spiro atoms. The minimum atomic E-state index is -0.725. The first-order valence-electron chi connectivity index (χ1n) is 4.84. The third-order valence-corrected chi connectivity index (χ3v) is 3.90. The molecule has 7 heteroatoms. The summed E-state index contributed by atoms with van der Waals surface area (Å²) >= 11 is 4.73. The molecule has 1 aromatic carbocycles. The van der Waals surface area contributed by atoms with Crippen molar-refractivity contribution in [2.45, 2.75) is 11.9 Å². The molecule has 0 fully saturated rings. The van der Waals surface area contributed by atoms with Crippen LogP contribution in [0.1, 0.15) is 5.56 Å². The smallest absolute Gasteiger partial charge is 0.270 e. The predicted octanol–water partition coefficient (Wildman–Crippen LogP) is 1.94. The van der Waals surface area contributed by atoms with Crippen LogP contribution in [-0.2, 0) is 5.75 Å². The third kappa shape index (κ3) is 4.63. The van der Waals surface area contributed by atoms with Gasteiger partial charge in [-0.2, -0.15) is 11.8 Å². The molecule has 0 aromatic heterocycles. The van der Waals surface area contributed by atoms with Crippen LogP contribution in [0.2, 0.25) is 0 Å². The maximum Gasteiger partial charge on any atom is 0.270 e. The average molecular weight is 322 g/mol. The number of benzene rings is 1. The molecule has 1 atom stereocenters. The van der Waals surface area contributed by atoms with E-state index in [1.54, 1.807) is 6.07 Å². The molecule has 94 valence electrons. The number of thioether (sulfide) groups is 1. The van der Waals surface area contributed by atoms with E-state index in [2.05, 4.69) is 15.9 Å². The fourth-order valence-corrected chi connectivity index (χ4v) is 2.78. The van der Waals surface area contributed by atoms with Crippen molar-refractivity contribution < 1.29 is 15.1 Å². The van der Waals surface area contributed by atoms with Crippen LogP contribution in [0.3, 0.4) is 0 Å². The van der Waals surface area contributed by atoms with E-state index in [1.165, 1.54) is 23.9 Å². The topological polar surface area (TPSA) is 83.6 Å². The summed E-state index contributed by atoms with van der Waals surface area (Å²) in [5.41, 5.74) is 0.965. The van der Waals surface area contributed by atoms with E-state index in [0.29, 0.717) is 16.0 Å². The molecule has 0 saturated carbocycles. The third-order valence-electron chi connectivity index (χ3n) is 2.03. The lowest BCUT2D eigenvalue weighted by atomic mass is 10.2. The number of aliphatic hydroxyl groups is 2. The first-order valence-corrected chi connectivity index (χ1v) is 6.79. The summed E-state index contributed by atoms with van der Waals surface area (Å²) in [6.07, 6.45) is -0.725. The summed E-state index contributed by atoms with van der Waals surface area (Å²) in [5.74, 6) is 1.05. The Kier molecular flexibility index (Phi) is 5.90. The molecule has 0 radical (unpaired) electrons. The molecule has 0 bridgehead atoms. The zero-order valence-electron chi connectivity index (χ0n) is 8.88. The Labute approximate surface area is 111 Å². The average Bonchev–Trinajstić information content (AvgIpc) is 2.30. The molecule has 17 heavy (non-hydrogen) atoms. The normalized spacial score (nSPS) is 12.4. The number of nitrogens with zero attached hydrogens (tertiary/aromatic N) is 1. The van der Waals surface area contributed by atoms with Crippen LogP contribution in [0.4, 0.5) is 5.69 Å². The van der Waals surface area contributed by atoms with Crippen molar-refractivity contribution >= 4 is 33.4 Å². The van der Waals surface area contributed by atoms with Gasteiger partial charge < -0.3 is 10.2 Å². The molecule has 0 aliphatic heterocycles. The van der Waals surface area contributed by atoms with Gasteiger partial charge in [-0.1, -0.05) is 22.0 Å². The van der Waals surface area contributed by atoms with Crippen LogP contribution in [0, 0.1) is 10.1 Å². The zero-order chi connectivity index (χ0) is 12.8. The Balaban J connectivity index is 2.57. The van der Waals surface area contributed by atoms with Crippen LogP contribution >= 0.6 is 27.7 Å². The molecule has 2 N–H and O–H groups in total. The summed E-state index contributed by atoms with van der Waals surface area (Å²) in [6, 6.07) is 4.59. The fraction of sp³-hybridized carbons (Fsp3) is 0.400. The Morgan fingerprint density at radius 1 is 1.53 bits per heavy atom. The lowest BCUT2D eigenvalue weighted by Crippen LogP contribution is -2.14. The van der Waals surface area contributed by atoms with Crippen molar-refractivity contribution in [2.75, 3.05) is 12.4 Å². The van der Waals surface area contributed by atoms with E-state index in [1.807, 2.05) is 0 Å². The van der Waals surface area contributed by atoms with Gasteiger partial charge in [-0.3, -0.25) is 10.1 Å². The van der Waals surface area contributed by atoms with Crippen LogP contribution < -0.4 is 0 Å². The van der Waals surface area contributed by atoms with E-state index in [9.17, 15) is 10.1 Å². The number of hydrogen-bond donors (Lipinski definition) is 2. The maximum atomic E-state index is 10.5. The molecular formula is C10H12BrNO4S. The molecule has 1 rings (SSSR count). The van der Waals surface area contributed by atoms with E-state index in [4.69, 9.17) is 10.2 Å². The van der Waals surface area contributed by atoms with E-state index >= 15 is 0 Å². The number of hydrogen-bond acceptors (Lipinski definition) is 5. The van der Waals surface area contributed by atoms with Crippen LogP contribution in [-0.4, -0.2) is 33.6 Å². The highest BCUT2D eigenvalue weighted by Gasteiger charge is 2.09. The van der Waals surface area contributed by atoms with Crippen molar-refractivity contribution in [1.29, 1.82) is 0 Å². The largest absolute Gasteiger partial charge is 0.394 e. The Bertz CT molecular complexity index is 402. The van der Waals surface area contributed by atoms with Gasteiger partial charge in [0.1, 0.15) is 0 Å². The lowest BCUT2D eigenvalue weighted by molar-refractivity contribution is -0.384. The molecule has 0 amide bonds. The summed E-state index contributed by atoms with van der Waals surface area (Å²) in [4.78, 5) is 10.1. The molecule has 0 saturated heterocycles. The number of non-ortho nitro benzene ring substituents is 1. The Hall–Kier alpha value is -0.630. The second-order valence-electron chi connectivity index (χ2n) is 3.38. The minimum absolute atomic E-state index is 0.0426. The molecular weight excluding hydrogens is 310 g/mol. The van der Waals surface area contributed by atoms with Crippen molar-refractivity contribution in [3.63, 3.8) is 0 Å². The Morgan fingerprint density at radius 3 is 2.76 bits per heavy atom. The SMILES string of the molecule is O=[N+]([O-])c1ccc(CSCC(O)CO)c(Br)c1. The van der Waals surface area contributed by atoms with Gasteiger partial charge in [-0.15, -0.1) is 0 Å². The van der Waals surface area contributed by atoms with Gasteiger partial charge >= 0.3 is 0 Å². The summed E-state index contributed by atoms with van der Waals surface area (Å²) in [5, 5.41) is 28.3. The highest BCUT2D eigenvalue weighted by atomic mass is 79.9. The number of nitro groups is 1. The van der Waals surface area contributed by atoms with Gasteiger partial charge in [-0.25, -0.2) is 0 Å². The van der Waals surface area contributed by atoms with Crippen molar-refractivity contribution in [1.82, 2.24) is 0 Å². The first-order chi connectivity index (χ1) is 8.04. The molecule has 0 aliphatic carbocycles. The van der Waals surface area contributed by atoms with E-state index in [-0.39, 0.29) is 12.3 Å². The maximum absolute atomic E-state index is 10.5. The summed E-state index contributed by atoms with van der Waals surface area (Å²) in [6.45, 7) is -0.256. The standard InChI is InChI=1S/C10H12BrNO4S/c11-10-3-8(12(15)16)2-1-7(10)5-17-6-9(14)4-13/h1-3,9,13-14H,4-6H2. The Morgan fingerprint density at radius 2 is 2.24 bits per heavy atom. The zero-order valence-corrected chi connectivity index (χ0v) is 11.3. The van der Waals surface area contributed by atoms with Crippen LogP contribution in [0.15, 0.2) is 22.7 Å². The van der Waals surface area contributed by atoms with Crippen molar-refractivity contribution in [3.05, 3.63) is 38.3 Å². The molecule has 1 unspecified atom stereocenters. The highest BCUT2D eigenvalue weighted by Crippen LogP contribution is 2.26. The van der Waals surface area contributed by atoms with Crippen molar-refractivity contribution in [3.8, 4) is 0 Å². The van der Waals surface area contributed by atoms with Gasteiger partial charge in [0.25, 0.3) is 5.69 Å². The van der Waals surface area contributed by atoms with Crippen molar-refractivity contribution in [2.24, 2.45) is 0 Å². The molecule has 5 nitrogen and oxygen atoms in total. The number of aliphatic hydroxyl groups excluding tert-OH is 2. The first kappa shape index (κ1) is 14.4. The van der Waals surface area contributed by atoms with Gasteiger partial charge in [0.15, 0.2) is 0 Å². The number of rotatable bonds is 6. The van der Waals surface area contributed by atoms with Gasteiger partial charge in [0.05, 0.1) is 17.6 Å². The highest BCUT2D eigenvalue weighted by molar-refractivity contribution is 9.10. The van der Waals surface area contributed by atoms with Crippen LogP contribution in [0.25, 0.3) is 0 Å². The van der Waals surface area contributed by atoms with Gasteiger partial charge in [0.2, 0.25) is 0 Å². The fourth-order valence-electron chi connectivity index (χ4n) is 1.12. The molecule has 1 aromatic rings. The predicted molar refractivity (Wildman–Crippen MR) is 70.1 cm³/mol. The molecule has 0 heterocycles. The second-order valence-corrected chi connectivity index (χ2v) is 5.27. The second kappa shape index (κ2) is 6.95. The lowest BCUT2D eigenvalue weighted by Gasteiger charge is -2.07.